The van der Waals surface area contributed by atoms with E-state index in [9.17, 15) is 0 Å². The summed E-state index contributed by atoms with van der Waals surface area (Å²) in [5.41, 5.74) is 6.11. The molecule has 4 heteroatoms. The second-order valence-corrected chi connectivity index (χ2v) is 4.93. The monoisotopic (exact) mass is 238 g/mol. The van der Waals surface area contributed by atoms with Crippen LogP contribution in [0.1, 0.15) is 31.4 Å². The van der Waals surface area contributed by atoms with Crippen molar-refractivity contribution in [1.29, 1.82) is 0 Å². The van der Waals surface area contributed by atoms with Crippen LogP contribution in [0.25, 0.3) is 0 Å². The number of hydrogen-bond donors (Lipinski definition) is 1. The molecule has 1 aliphatic rings. The van der Waals surface area contributed by atoms with Gasteiger partial charge in [0.25, 0.3) is 0 Å². The second-order valence-electron chi connectivity index (χ2n) is 4.93. The Morgan fingerprint density at radius 1 is 1.47 bits per heavy atom. The standard InChI is InChI=1S/C13H22N2O2/c1-9-4-5-12(17-9)13(11(3)14)15-6-7-16-10(2)8-15/h4-5,10-11,13H,6-8,14H2,1-3H3. The summed E-state index contributed by atoms with van der Waals surface area (Å²) in [6.07, 6.45) is 0.265. The molecule has 2 N–H and O–H groups in total. The zero-order valence-electron chi connectivity index (χ0n) is 10.8. The first kappa shape index (κ1) is 12.6. The molecule has 3 unspecified atom stereocenters. The van der Waals surface area contributed by atoms with Crippen LogP contribution in [0.2, 0.25) is 0 Å². The van der Waals surface area contributed by atoms with Crippen LogP contribution in [0.3, 0.4) is 0 Å². The number of nitrogens with two attached hydrogens (primary N) is 1. The van der Waals surface area contributed by atoms with Crippen molar-refractivity contribution < 1.29 is 9.15 Å². The summed E-state index contributed by atoms with van der Waals surface area (Å²) in [4.78, 5) is 2.36. The first-order valence-electron chi connectivity index (χ1n) is 6.25. The molecule has 0 saturated carbocycles. The Balaban J connectivity index is 2.17. The average Bonchev–Trinajstić information content (AvgIpc) is 2.64. The fourth-order valence-electron chi connectivity index (χ4n) is 2.48. The lowest BCUT2D eigenvalue weighted by molar-refractivity contribution is -0.0409. The molecule has 0 aliphatic carbocycles. The van der Waals surface area contributed by atoms with E-state index in [0.717, 1.165) is 31.2 Å². The van der Waals surface area contributed by atoms with Gasteiger partial charge in [0.05, 0.1) is 18.8 Å². The molecule has 1 aromatic heterocycles. The Kier molecular flexibility index (Phi) is 3.86. The molecule has 4 nitrogen and oxygen atoms in total. The third-order valence-corrected chi connectivity index (χ3v) is 3.22. The summed E-state index contributed by atoms with van der Waals surface area (Å²) < 4.78 is 11.3. The number of nitrogens with zero attached hydrogens (tertiary/aromatic N) is 1. The predicted octanol–water partition coefficient (Wildman–Crippen LogP) is 1.70. The molecular weight excluding hydrogens is 216 g/mol. The van der Waals surface area contributed by atoms with Gasteiger partial charge in [0, 0.05) is 19.1 Å². The van der Waals surface area contributed by atoms with E-state index in [0.29, 0.717) is 0 Å². The van der Waals surface area contributed by atoms with E-state index in [1.54, 1.807) is 0 Å². The van der Waals surface area contributed by atoms with Gasteiger partial charge in [0.2, 0.25) is 0 Å². The minimum Gasteiger partial charge on any atom is -0.465 e. The summed E-state index contributed by atoms with van der Waals surface area (Å²) in [5, 5.41) is 0. The quantitative estimate of drug-likeness (QED) is 0.870. The highest BCUT2D eigenvalue weighted by atomic mass is 16.5. The number of furan rings is 1. The number of morpholine rings is 1. The number of hydrogen-bond acceptors (Lipinski definition) is 4. The second kappa shape index (κ2) is 5.21. The first-order valence-corrected chi connectivity index (χ1v) is 6.25. The number of aryl methyl sites for hydroxylation is 1. The third kappa shape index (κ3) is 2.89. The van der Waals surface area contributed by atoms with E-state index >= 15 is 0 Å². The Hall–Kier alpha value is -0.840. The molecule has 1 aromatic rings. The van der Waals surface area contributed by atoms with Gasteiger partial charge in [-0.3, -0.25) is 4.90 Å². The van der Waals surface area contributed by atoms with Gasteiger partial charge in [-0.25, -0.2) is 0 Å². The largest absolute Gasteiger partial charge is 0.465 e. The first-order chi connectivity index (χ1) is 8.08. The molecule has 0 amide bonds. The minimum absolute atomic E-state index is 0.0471. The predicted molar refractivity (Wildman–Crippen MR) is 66.8 cm³/mol. The van der Waals surface area contributed by atoms with Crippen molar-refractivity contribution in [2.75, 3.05) is 19.7 Å². The molecule has 96 valence electrons. The Morgan fingerprint density at radius 3 is 2.76 bits per heavy atom. The van der Waals surface area contributed by atoms with Gasteiger partial charge in [0.15, 0.2) is 0 Å². The summed E-state index contributed by atoms with van der Waals surface area (Å²) in [7, 11) is 0. The van der Waals surface area contributed by atoms with Crippen LogP contribution in [0, 0.1) is 6.92 Å². The van der Waals surface area contributed by atoms with Crippen molar-refractivity contribution in [1.82, 2.24) is 4.90 Å². The van der Waals surface area contributed by atoms with Crippen LogP contribution in [-0.4, -0.2) is 36.7 Å². The van der Waals surface area contributed by atoms with E-state index in [-0.39, 0.29) is 18.2 Å². The average molecular weight is 238 g/mol. The van der Waals surface area contributed by atoms with Gasteiger partial charge in [-0.15, -0.1) is 0 Å². The van der Waals surface area contributed by atoms with E-state index < -0.39 is 0 Å². The van der Waals surface area contributed by atoms with Crippen molar-refractivity contribution in [3.05, 3.63) is 23.7 Å². The molecule has 17 heavy (non-hydrogen) atoms. The van der Waals surface area contributed by atoms with Gasteiger partial charge in [0.1, 0.15) is 11.5 Å². The van der Waals surface area contributed by atoms with Crippen molar-refractivity contribution in [3.8, 4) is 0 Å². The van der Waals surface area contributed by atoms with E-state index in [2.05, 4.69) is 11.8 Å². The van der Waals surface area contributed by atoms with Gasteiger partial charge >= 0.3 is 0 Å². The van der Waals surface area contributed by atoms with Crippen LogP contribution in [0.5, 0.6) is 0 Å². The summed E-state index contributed by atoms with van der Waals surface area (Å²) in [5.74, 6) is 1.90. The SMILES string of the molecule is Cc1ccc(C(C(C)N)N2CCOC(C)C2)o1. The maximum atomic E-state index is 6.11. The zero-order valence-corrected chi connectivity index (χ0v) is 10.8. The Morgan fingerprint density at radius 2 is 2.24 bits per heavy atom. The van der Waals surface area contributed by atoms with Crippen molar-refractivity contribution in [3.63, 3.8) is 0 Å². The molecular formula is C13H22N2O2. The number of rotatable bonds is 3. The smallest absolute Gasteiger partial charge is 0.122 e. The molecule has 1 aliphatic heterocycles. The molecule has 3 atom stereocenters. The molecule has 0 radical (unpaired) electrons. The fourth-order valence-corrected chi connectivity index (χ4v) is 2.48. The van der Waals surface area contributed by atoms with Crippen LogP contribution < -0.4 is 5.73 Å². The molecule has 0 aromatic carbocycles. The highest BCUT2D eigenvalue weighted by Gasteiger charge is 2.30. The van der Waals surface area contributed by atoms with E-state index in [1.807, 2.05) is 26.0 Å². The van der Waals surface area contributed by atoms with Crippen LogP contribution in [-0.2, 0) is 4.74 Å². The zero-order chi connectivity index (χ0) is 12.4. The van der Waals surface area contributed by atoms with Crippen molar-refractivity contribution in [2.45, 2.75) is 39.0 Å². The highest BCUT2D eigenvalue weighted by molar-refractivity contribution is 5.12. The Labute approximate surface area is 103 Å². The number of ether oxygens (including phenoxy) is 1. The molecule has 1 saturated heterocycles. The molecule has 0 spiro atoms. The van der Waals surface area contributed by atoms with E-state index in [1.165, 1.54) is 0 Å². The van der Waals surface area contributed by atoms with Crippen molar-refractivity contribution >= 4 is 0 Å². The summed E-state index contributed by atoms with van der Waals surface area (Å²) >= 11 is 0. The highest BCUT2D eigenvalue weighted by Crippen LogP contribution is 2.27. The van der Waals surface area contributed by atoms with Crippen LogP contribution in [0.4, 0.5) is 0 Å². The molecule has 2 rings (SSSR count). The molecule has 0 bridgehead atoms. The van der Waals surface area contributed by atoms with E-state index in [4.69, 9.17) is 14.9 Å². The van der Waals surface area contributed by atoms with Crippen LogP contribution in [0.15, 0.2) is 16.5 Å². The normalized spacial score (nSPS) is 25.8. The molecule has 1 fully saturated rings. The van der Waals surface area contributed by atoms with Gasteiger partial charge in [-0.05, 0) is 32.9 Å². The summed E-state index contributed by atoms with van der Waals surface area (Å²) in [6, 6.07) is 4.22. The summed E-state index contributed by atoms with van der Waals surface area (Å²) in [6.45, 7) is 8.68. The fraction of sp³-hybridized carbons (Fsp3) is 0.692. The third-order valence-electron chi connectivity index (χ3n) is 3.22. The Bertz CT molecular complexity index is 362. The van der Waals surface area contributed by atoms with Crippen LogP contribution >= 0.6 is 0 Å². The topological polar surface area (TPSA) is 51.6 Å². The maximum Gasteiger partial charge on any atom is 0.122 e. The van der Waals surface area contributed by atoms with Crippen molar-refractivity contribution in [2.24, 2.45) is 5.73 Å². The van der Waals surface area contributed by atoms with Gasteiger partial charge < -0.3 is 14.9 Å². The van der Waals surface area contributed by atoms with Gasteiger partial charge in [-0.1, -0.05) is 0 Å². The minimum atomic E-state index is 0.0471. The van der Waals surface area contributed by atoms with Gasteiger partial charge in [-0.2, -0.15) is 0 Å². The lowest BCUT2D eigenvalue weighted by Gasteiger charge is -2.38. The maximum absolute atomic E-state index is 6.11. The lowest BCUT2D eigenvalue weighted by atomic mass is 10.0. The molecule has 2 heterocycles. The lowest BCUT2D eigenvalue weighted by Crippen LogP contribution is -2.47.